The Kier molecular flexibility index (Phi) is 7.44. The highest BCUT2D eigenvalue weighted by molar-refractivity contribution is 5.89. The average molecular weight is 431 g/mol. The van der Waals surface area contributed by atoms with Gasteiger partial charge in [0, 0.05) is 38.7 Å². The number of hydrogen-bond donors (Lipinski definition) is 0. The molecule has 3 rings (SSSR count). The smallest absolute Gasteiger partial charge is 0.413 e. The summed E-state index contributed by atoms with van der Waals surface area (Å²) in [6.07, 6.45) is 5.16. The molecule has 2 atom stereocenters. The number of carbonyl (C=O) groups is 2. The highest BCUT2D eigenvalue weighted by atomic mass is 16.7. The Hall–Kier alpha value is -3.16. The van der Waals surface area contributed by atoms with E-state index < -0.39 is 18.4 Å². The number of esters is 1. The Balaban J connectivity index is 1.53. The number of benzene rings is 1. The van der Waals surface area contributed by atoms with Crippen molar-refractivity contribution in [3.05, 3.63) is 47.8 Å². The third-order valence-corrected chi connectivity index (χ3v) is 5.20. The van der Waals surface area contributed by atoms with Gasteiger partial charge >= 0.3 is 12.1 Å². The zero-order chi connectivity index (χ0) is 22.4. The molecule has 2 aliphatic rings. The molecule has 8 nitrogen and oxygen atoms in total. The third kappa shape index (κ3) is 5.71. The molecule has 1 amide bonds. The fourth-order valence-electron chi connectivity index (χ4n) is 3.54. The number of amides is 1. The first kappa shape index (κ1) is 22.5. The SMILES string of the molecule is CCN1C=CCC(C(=O)OC(C)OC(=O)N(CC)C(C)Cc2ccc3c(c2)OCO3)=C1. The maximum atomic E-state index is 12.7. The molecule has 0 saturated carbocycles. The fourth-order valence-corrected chi connectivity index (χ4v) is 3.54. The lowest BCUT2D eigenvalue weighted by molar-refractivity contribution is -0.161. The summed E-state index contributed by atoms with van der Waals surface area (Å²) < 4.78 is 21.5. The number of hydrogen-bond acceptors (Lipinski definition) is 7. The third-order valence-electron chi connectivity index (χ3n) is 5.20. The van der Waals surface area contributed by atoms with Crippen molar-refractivity contribution in [1.29, 1.82) is 0 Å². The maximum absolute atomic E-state index is 12.7. The maximum Gasteiger partial charge on any atom is 0.413 e. The lowest BCUT2D eigenvalue weighted by atomic mass is 10.1. The molecule has 2 unspecified atom stereocenters. The highest BCUT2D eigenvalue weighted by Gasteiger charge is 2.25. The van der Waals surface area contributed by atoms with Crippen molar-refractivity contribution in [2.75, 3.05) is 19.9 Å². The quantitative estimate of drug-likeness (QED) is 0.458. The van der Waals surface area contributed by atoms with E-state index in [1.807, 2.05) is 56.1 Å². The molecule has 8 heteroatoms. The van der Waals surface area contributed by atoms with Crippen molar-refractivity contribution in [3.63, 3.8) is 0 Å². The first-order valence-electron chi connectivity index (χ1n) is 10.6. The van der Waals surface area contributed by atoms with Gasteiger partial charge in [-0.1, -0.05) is 12.1 Å². The Morgan fingerprint density at radius 1 is 1.16 bits per heavy atom. The van der Waals surface area contributed by atoms with Crippen LogP contribution in [0, 0.1) is 0 Å². The Morgan fingerprint density at radius 2 is 1.94 bits per heavy atom. The molecule has 0 bridgehead atoms. The van der Waals surface area contributed by atoms with E-state index in [-0.39, 0.29) is 12.8 Å². The lowest BCUT2D eigenvalue weighted by Gasteiger charge is -2.29. The number of likely N-dealkylation sites (N-methyl/N-ethyl adjacent to an activating group) is 1. The Labute approximate surface area is 183 Å². The largest absolute Gasteiger partial charge is 0.454 e. The van der Waals surface area contributed by atoms with Crippen LogP contribution in [-0.2, 0) is 20.7 Å². The average Bonchev–Trinajstić information content (AvgIpc) is 3.22. The Bertz CT molecular complexity index is 866. The number of allylic oxidation sites excluding steroid dienone is 1. The van der Waals surface area contributed by atoms with Crippen molar-refractivity contribution in [3.8, 4) is 11.5 Å². The van der Waals surface area contributed by atoms with E-state index in [0.717, 1.165) is 17.9 Å². The van der Waals surface area contributed by atoms with Gasteiger partial charge in [0.05, 0.1) is 5.57 Å². The van der Waals surface area contributed by atoms with Crippen LogP contribution < -0.4 is 9.47 Å². The first-order valence-corrected chi connectivity index (χ1v) is 10.6. The van der Waals surface area contributed by atoms with Crippen LogP contribution in [-0.4, -0.2) is 54.1 Å². The highest BCUT2D eigenvalue weighted by Crippen LogP contribution is 2.33. The zero-order valence-electron chi connectivity index (χ0n) is 18.5. The second kappa shape index (κ2) is 10.2. The van der Waals surface area contributed by atoms with Crippen LogP contribution in [0.2, 0.25) is 0 Å². The van der Waals surface area contributed by atoms with Crippen molar-refractivity contribution in [1.82, 2.24) is 9.80 Å². The standard InChI is InChI=1S/C23H30N2O6/c1-5-24-11-7-8-19(14-24)22(26)30-17(4)31-23(27)25(6-2)16(3)12-18-9-10-20-21(13-18)29-15-28-20/h7,9-11,13-14,16-17H,5-6,8,12,15H2,1-4H3. The van der Waals surface area contributed by atoms with Crippen molar-refractivity contribution in [2.45, 2.75) is 52.9 Å². The van der Waals surface area contributed by atoms with Crippen LogP contribution in [0.4, 0.5) is 4.79 Å². The van der Waals surface area contributed by atoms with Gasteiger partial charge in [-0.15, -0.1) is 0 Å². The molecule has 0 aromatic heterocycles. The Morgan fingerprint density at radius 3 is 2.68 bits per heavy atom. The van der Waals surface area contributed by atoms with Gasteiger partial charge in [-0.05, 0) is 51.1 Å². The molecule has 2 aliphatic heterocycles. The minimum Gasteiger partial charge on any atom is -0.454 e. The first-order chi connectivity index (χ1) is 14.9. The summed E-state index contributed by atoms with van der Waals surface area (Å²) in [5, 5.41) is 0. The normalized spacial score (nSPS) is 16.4. The van der Waals surface area contributed by atoms with E-state index in [0.29, 0.717) is 30.7 Å². The summed E-state index contributed by atoms with van der Waals surface area (Å²) in [4.78, 5) is 28.6. The molecule has 1 aromatic carbocycles. The van der Waals surface area contributed by atoms with Crippen molar-refractivity contribution >= 4 is 12.1 Å². The molecule has 168 valence electrons. The molecular formula is C23H30N2O6. The molecule has 2 heterocycles. The van der Waals surface area contributed by atoms with Crippen LogP contribution in [0.1, 0.15) is 39.7 Å². The number of nitrogens with zero attached hydrogens (tertiary/aromatic N) is 2. The second-order valence-corrected chi connectivity index (χ2v) is 7.46. The lowest BCUT2D eigenvalue weighted by Crippen LogP contribution is -2.41. The van der Waals surface area contributed by atoms with Gasteiger partial charge in [0.2, 0.25) is 13.1 Å². The van der Waals surface area contributed by atoms with E-state index in [2.05, 4.69) is 0 Å². The second-order valence-electron chi connectivity index (χ2n) is 7.46. The van der Waals surface area contributed by atoms with Gasteiger partial charge in [0.25, 0.3) is 0 Å². The summed E-state index contributed by atoms with van der Waals surface area (Å²) in [6, 6.07) is 5.63. The predicted octanol–water partition coefficient (Wildman–Crippen LogP) is 3.82. The van der Waals surface area contributed by atoms with Gasteiger partial charge in [-0.25, -0.2) is 9.59 Å². The van der Waals surface area contributed by atoms with Crippen molar-refractivity contribution < 1.29 is 28.5 Å². The van der Waals surface area contributed by atoms with Crippen LogP contribution in [0.15, 0.2) is 42.2 Å². The minimum absolute atomic E-state index is 0.120. The fraction of sp³-hybridized carbons (Fsp3) is 0.478. The van der Waals surface area contributed by atoms with Crippen LogP contribution in [0.25, 0.3) is 0 Å². The number of carbonyl (C=O) groups excluding carboxylic acids is 2. The monoisotopic (exact) mass is 430 g/mol. The number of rotatable bonds is 8. The van der Waals surface area contributed by atoms with E-state index in [4.69, 9.17) is 18.9 Å². The molecular weight excluding hydrogens is 400 g/mol. The molecule has 0 saturated heterocycles. The summed E-state index contributed by atoms with van der Waals surface area (Å²) in [6.45, 7) is 8.81. The minimum atomic E-state index is -0.992. The molecule has 0 spiro atoms. The molecule has 0 N–H and O–H groups in total. The topological polar surface area (TPSA) is 77.5 Å². The summed E-state index contributed by atoms with van der Waals surface area (Å²) in [5.74, 6) is 0.952. The van der Waals surface area contributed by atoms with E-state index >= 15 is 0 Å². The van der Waals surface area contributed by atoms with E-state index in [1.165, 1.54) is 0 Å². The molecule has 0 aliphatic carbocycles. The summed E-state index contributed by atoms with van der Waals surface area (Å²) in [7, 11) is 0. The van der Waals surface area contributed by atoms with Crippen molar-refractivity contribution in [2.24, 2.45) is 0 Å². The summed E-state index contributed by atoms with van der Waals surface area (Å²) >= 11 is 0. The molecule has 1 aromatic rings. The predicted molar refractivity (Wildman–Crippen MR) is 114 cm³/mol. The van der Waals surface area contributed by atoms with Gasteiger partial charge in [-0.2, -0.15) is 0 Å². The number of fused-ring (bicyclic) bond motifs is 1. The van der Waals surface area contributed by atoms with E-state index in [1.54, 1.807) is 18.0 Å². The van der Waals surface area contributed by atoms with Gasteiger partial charge in [0.1, 0.15) is 0 Å². The summed E-state index contributed by atoms with van der Waals surface area (Å²) in [5.41, 5.74) is 1.55. The van der Waals surface area contributed by atoms with Crippen LogP contribution in [0.3, 0.4) is 0 Å². The van der Waals surface area contributed by atoms with Crippen LogP contribution >= 0.6 is 0 Å². The van der Waals surface area contributed by atoms with Gasteiger partial charge in [0.15, 0.2) is 11.5 Å². The van der Waals surface area contributed by atoms with Crippen LogP contribution in [0.5, 0.6) is 11.5 Å². The molecule has 31 heavy (non-hydrogen) atoms. The number of ether oxygens (including phenoxy) is 4. The zero-order valence-corrected chi connectivity index (χ0v) is 18.5. The molecule has 0 radical (unpaired) electrons. The van der Waals surface area contributed by atoms with Gasteiger partial charge in [-0.3, -0.25) is 0 Å². The van der Waals surface area contributed by atoms with E-state index in [9.17, 15) is 9.59 Å². The molecule has 0 fully saturated rings. The van der Waals surface area contributed by atoms with Gasteiger partial charge < -0.3 is 28.7 Å².